The second-order valence-electron chi connectivity index (χ2n) is 2.01. The van der Waals surface area contributed by atoms with E-state index in [1.165, 1.54) is 0 Å². The van der Waals surface area contributed by atoms with Gasteiger partial charge in [0.05, 0.1) is 6.61 Å². The van der Waals surface area contributed by atoms with E-state index in [0.717, 1.165) is 0 Å². The molecule has 2 nitrogen and oxygen atoms in total. The van der Waals surface area contributed by atoms with Gasteiger partial charge in [-0.2, -0.15) is 8.78 Å². The van der Waals surface area contributed by atoms with Crippen LogP contribution in [0.3, 0.4) is 0 Å². The lowest BCUT2D eigenvalue weighted by Gasteiger charge is -2.06. The summed E-state index contributed by atoms with van der Waals surface area (Å²) in [6, 6.07) is 0. The van der Waals surface area contributed by atoms with Crippen LogP contribution in [0.1, 0.15) is 19.8 Å². The van der Waals surface area contributed by atoms with E-state index in [-0.39, 0.29) is 6.61 Å². The molecule has 0 heterocycles. The molecular weight excluding hydrogens is 178 g/mol. The molecule has 0 N–H and O–H groups in total. The molecule has 0 atom stereocenters. The van der Waals surface area contributed by atoms with Crippen molar-refractivity contribution in [2.45, 2.75) is 25.1 Å². The quantitative estimate of drug-likeness (QED) is 0.497. The molecule has 0 amide bonds. The molecule has 0 aromatic carbocycles. The van der Waals surface area contributed by atoms with Crippen molar-refractivity contribution in [3.63, 3.8) is 0 Å². The number of hydrogen-bond acceptors (Lipinski definition) is 2. The third-order valence-electron chi connectivity index (χ3n) is 0.812. The maximum atomic E-state index is 11.9. The number of carbonyl (C=O) groups is 1. The second-order valence-corrected chi connectivity index (χ2v) is 2.57. The standard InChI is InChI=1S/C6H9ClF2O2/c1-2-3-11-5(10)4-6(7,8)9/h2-4H2,1H3. The van der Waals surface area contributed by atoms with Gasteiger partial charge < -0.3 is 4.74 Å². The van der Waals surface area contributed by atoms with Gasteiger partial charge in [-0.15, -0.1) is 0 Å². The van der Waals surface area contributed by atoms with E-state index in [9.17, 15) is 13.6 Å². The van der Waals surface area contributed by atoms with Gasteiger partial charge in [-0.1, -0.05) is 6.92 Å². The van der Waals surface area contributed by atoms with Gasteiger partial charge in [0.1, 0.15) is 6.42 Å². The average Bonchev–Trinajstić information content (AvgIpc) is 1.79. The molecule has 0 aliphatic carbocycles. The summed E-state index contributed by atoms with van der Waals surface area (Å²) in [6.45, 7) is 1.93. The fourth-order valence-corrected chi connectivity index (χ4v) is 0.540. The molecule has 0 aromatic rings. The fourth-order valence-electron chi connectivity index (χ4n) is 0.431. The smallest absolute Gasteiger partial charge is 0.332 e. The van der Waals surface area contributed by atoms with Gasteiger partial charge in [0.15, 0.2) is 0 Å². The molecular formula is C6H9ClF2O2. The highest BCUT2D eigenvalue weighted by Crippen LogP contribution is 2.23. The summed E-state index contributed by atoms with van der Waals surface area (Å²) in [6.07, 6.45) is -0.450. The van der Waals surface area contributed by atoms with Crippen molar-refractivity contribution < 1.29 is 18.3 Å². The molecule has 0 fully saturated rings. The number of carbonyl (C=O) groups excluding carboxylic acids is 1. The third-order valence-corrected chi connectivity index (χ3v) is 0.946. The number of rotatable bonds is 4. The first kappa shape index (κ1) is 10.6. The number of esters is 1. The van der Waals surface area contributed by atoms with Gasteiger partial charge in [-0.25, -0.2) is 0 Å². The summed E-state index contributed by atoms with van der Waals surface area (Å²) in [5, 5.41) is -3.48. The van der Waals surface area contributed by atoms with E-state index in [4.69, 9.17) is 0 Å². The van der Waals surface area contributed by atoms with Crippen molar-refractivity contribution in [2.24, 2.45) is 0 Å². The predicted molar refractivity (Wildman–Crippen MR) is 36.7 cm³/mol. The van der Waals surface area contributed by atoms with Crippen LogP contribution in [-0.4, -0.2) is 18.0 Å². The molecule has 0 saturated heterocycles. The molecule has 0 radical (unpaired) electrons. The number of alkyl halides is 3. The van der Waals surface area contributed by atoms with Gasteiger partial charge in [-0.3, -0.25) is 4.79 Å². The number of ether oxygens (including phenoxy) is 1. The largest absolute Gasteiger partial charge is 0.465 e. The molecule has 0 rings (SSSR count). The summed E-state index contributed by atoms with van der Waals surface area (Å²) in [5.74, 6) is -0.966. The maximum Gasteiger partial charge on any atom is 0.332 e. The molecule has 0 spiro atoms. The fraction of sp³-hybridized carbons (Fsp3) is 0.833. The number of hydrogen-bond donors (Lipinski definition) is 0. The Hall–Kier alpha value is -0.380. The Bertz CT molecular complexity index is 133. The molecule has 0 unspecified atom stereocenters. The zero-order valence-corrected chi connectivity index (χ0v) is 6.83. The lowest BCUT2D eigenvalue weighted by molar-refractivity contribution is -0.147. The van der Waals surface area contributed by atoms with Crippen LogP contribution < -0.4 is 0 Å². The SMILES string of the molecule is CCCOC(=O)CC(F)(F)Cl. The highest BCUT2D eigenvalue weighted by atomic mass is 35.5. The summed E-state index contributed by atoms with van der Waals surface area (Å²) < 4.78 is 28.1. The minimum Gasteiger partial charge on any atom is -0.465 e. The molecule has 11 heavy (non-hydrogen) atoms. The zero-order chi connectivity index (χ0) is 8.91. The van der Waals surface area contributed by atoms with E-state index < -0.39 is 17.8 Å². The van der Waals surface area contributed by atoms with E-state index in [2.05, 4.69) is 16.3 Å². The molecule has 0 aromatic heterocycles. The zero-order valence-electron chi connectivity index (χ0n) is 6.07. The Morgan fingerprint density at radius 1 is 1.64 bits per heavy atom. The van der Waals surface area contributed by atoms with Crippen LogP contribution >= 0.6 is 11.6 Å². The highest BCUT2D eigenvalue weighted by molar-refractivity contribution is 6.22. The summed E-state index contributed by atoms with van der Waals surface area (Å²) in [4.78, 5) is 10.4. The van der Waals surface area contributed by atoms with Gasteiger partial charge in [-0.05, 0) is 18.0 Å². The van der Waals surface area contributed by atoms with Crippen LogP contribution in [0.25, 0.3) is 0 Å². The van der Waals surface area contributed by atoms with Crippen LogP contribution in [0.2, 0.25) is 0 Å². The van der Waals surface area contributed by atoms with Crippen LogP contribution in [-0.2, 0) is 9.53 Å². The van der Waals surface area contributed by atoms with Crippen LogP contribution in [0.5, 0.6) is 0 Å². The van der Waals surface area contributed by atoms with E-state index >= 15 is 0 Å². The van der Waals surface area contributed by atoms with E-state index in [1.54, 1.807) is 6.92 Å². The molecule has 66 valence electrons. The van der Waals surface area contributed by atoms with Gasteiger partial charge in [0.2, 0.25) is 0 Å². The van der Waals surface area contributed by atoms with E-state index in [1.807, 2.05) is 0 Å². The van der Waals surface area contributed by atoms with Crippen molar-refractivity contribution >= 4 is 17.6 Å². The van der Waals surface area contributed by atoms with Crippen LogP contribution in [0, 0.1) is 0 Å². The molecule has 0 saturated carbocycles. The van der Waals surface area contributed by atoms with Crippen molar-refractivity contribution in [3.05, 3.63) is 0 Å². The Kier molecular flexibility index (Phi) is 4.33. The third kappa shape index (κ3) is 7.52. The minimum atomic E-state index is -3.48. The summed E-state index contributed by atoms with van der Waals surface area (Å²) >= 11 is 4.47. The van der Waals surface area contributed by atoms with Crippen molar-refractivity contribution in [2.75, 3.05) is 6.61 Å². The van der Waals surface area contributed by atoms with E-state index in [0.29, 0.717) is 6.42 Å². The lowest BCUT2D eigenvalue weighted by Crippen LogP contribution is -2.16. The Morgan fingerprint density at radius 3 is 2.55 bits per heavy atom. The Labute approximate surface area is 68.5 Å². The van der Waals surface area contributed by atoms with Crippen LogP contribution in [0.15, 0.2) is 0 Å². The first-order chi connectivity index (χ1) is 4.95. The van der Waals surface area contributed by atoms with Crippen molar-refractivity contribution in [1.29, 1.82) is 0 Å². The highest BCUT2D eigenvalue weighted by Gasteiger charge is 2.29. The summed E-state index contributed by atoms with van der Waals surface area (Å²) in [5.41, 5.74) is 0. The van der Waals surface area contributed by atoms with Gasteiger partial charge >= 0.3 is 11.4 Å². The van der Waals surface area contributed by atoms with Crippen LogP contribution in [0.4, 0.5) is 8.78 Å². The predicted octanol–water partition coefficient (Wildman–Crippen LogP) is 2.16. The first-order valence-electron chi connectivity index (χ1n) is 3.18. The Morgan fingerprint density at radius 2 is 2.18 bits per heavy atom. The van der Waals surface area contributed by atoms with Crippen molar-refractivity contribution in [1.82, 2.24) is 0 Å². The minimum absolute atomic E-state index is 0.159. The average molecular weight is 187 g/mol. The van der Waals surface area contributed by atoms with Gasteiger partial charge in [0.25, 0.3) is 0 Å². The second kappa shape index (κ2) is 4.49. The monoisotopic (exact) mass is 186 g/mol. The Balaban J connectivity index is 3.53. The summed E-state index contributed by atoms with van der Waals surface area (Å²) in [7, 11) is 0. The maximum absolute atomic E-state index is 11.9. The lowest BCUT2D eigenvalue weighted by atomic mass is 10.4. The number of halogens is 3. The first-order valence-corrected chi connectivity index (χ1v) is 3.56. The molecule has 0 aliphatic heterocycles. The van der Waals surface area contributed by atoms with Crippen molar-refractivity contribution in [3.8, 4) is 0 Å². The topological polar surface area (TPSA) is 26.3 Å². The molecule has 5 heteroatoms. The molecule has 0 bridgehead atoms. The molecule has 0 aliphatic rings. The normalized spacial score (nSPS) is 11.3. The van der Waals surface area contributed by atoms with Gasteiger partial charge in [0, 0.05) is 0 Å².